The van der Waals surface area contributed by atoms with Crippen LogP contribution in [0, 0.1) is 6.92 Å². The van der Waals surface area contributed by atoms with Gasteiger partial charge in [0.25, 0.3) is 0 Å². The van der Waals surface area contributed by atoms with Crippen LogP contribution in [0.2, 0.25) is 0 Å². The van der Waals surface area contributed by atoms with E-state index in [1.165, 1.54) is 0 Å². The molecule has 0 radical (unpaired) electrons. The minimum absolute atomic E-state index is 0.167. The maximum atomic E-state index is 12.1. The van der Waals surface area contributed by atoms with E-state index in [9.17, 15) is 4.21 Å². The standard InChI is InChI=1S/C10H15N3OS/c1-8-4-6-12-10(13-8)15(14)9-3-2-5-11-7-9/h4,6,9,11H,2-3,5,7H2,1H3/t9-,15+/m0/s1. The summed E-state index contributed by atoms with van der Waals surface area (Å²) < 4.78 is 12.1. The van der Waals surface area contributed by atoms with Crippen LogP contribution >= 0.6 is 0 Å². The first-order chi connectivity index (χ1) is 7.27. The Bertz CT molecular complexity index is 363. The molecule has 5 heteroatoms. The van der Waals surface area contributed by atoms with Gasteiger partial charge < -0.3 is 5.32 Å². The molecule has 0 aromatic carbocycles. The van der Waals surface area contributed by atoms with Crippen molar-refractivity contribution in [2.45, 2.75) is 30.2 Å². The lowest BCUT2D eigenvalue weighted by Gasteiger charge is -2.21. The Morgan fingerprint density at radius 1 is 1.60 bits per heavy atom. The van der Waals surface area contributed by atoms with Crippen LogP contribution in [0.3, 0.4) is 0 Å². The Labute approximate surface area is 92.0 Å². The number of hydrogen-bond donors (Lipinski definition) is 1. The first kappa shape index (κ1) is 10.7. The van der Waals surface area contributed by atoms with Gasteiger partial charge in [-0.2, -0.15) is 0 Å². The Morgan fingerprint density at radius 2 is 2.47 bits per heavy atom. The first-order valence-electron chi connectivity index (χ1n) is 5.18. The van der Waals surface area contributed by atoms with Crippen LogP contribution in [0.5, 0.6) is 0 Å². The van der Waals surface area contributed by atoms with Gasteiger partial charge in [-0.3, -0.25) is 4.21 Å². The van der Waals surface area contributed by atoms with Crippen molar-refractivity contribution < 1.29 is 4.21 Å². The molecule has 2 atom stereocenters. The minimum atomic E-state index is -1.06. The van der Waals surface area contributed by atoms with E-state index in [4.69, 9.17) is 0 Å². The van der Waals surface area contributed by atoms with Gasteiger partial charge in [0.05, 0.1) is 16.0 Å². The lowest BCUT2D eigenvalue weighted by Crippen LogP contribution is -2.36. The summed E-state index contributed by atoms with van der Waals surface area (Å²) in [6.45, 7) is 3.73. The zero-order valence-electron chi connectivity index (χ0n) is 8.77. The second-order valence-corrected chi connectivity index (χ2v) is 5.37. The molecular formula is C10H15N3OS. The smallest absolute Gasteiger partial charge is 0.218 e. The molecule has 0 amide bonds. The van der Waals surface area contributed by atoms with Crippen molar-refractivity contribution >= 4 is 10.8 Å². The van der Waals surface area contributed by atoms with Gasteiger partial charge in [0.15, 0.2) is 0 Å². The molecule has 1 aliphatic heterocycles. The van der Waals surface area contributed by atoms with Crippen molar-refractivity contribution in [3.05, 3.63) is 18.0 Å². The lowest BCUT2D eigenvalue weighted by molar-refractivity contribution is 0.517. The largest absolute Gasteiger partial charge is 0.316 e. The lowest BCUT2D eigenvalue weighted by atomic mass is 10.2. The fourth-order valence-electron chi connectivity index (χ4n) is 1.67. The summed E-state index contributed by atoms with van der Waals surface area (Å²) in [5.41, 5.74) is 0.872. The van der Waals surface area contributed by atoms with Crippen LogP contribution in [-0.4, -0.2) is 32.5 Å². The van der Waals surface area contributed by atoms with Gasteiger partial charge in [-0.05, 0) is 32.4 Å². The molecule has 1 N–H and O–H groups in total. The van der Waals surface area contributed by atoms with Gasteiger partial charge in [0, 0.05) is 18.4 Å². The fourth-order valence-corrected chi connectivity index (χ4v) is 3.02. The molecule has 82 valence electrons. The Kier molecular flexibility index (Phi) is 3.43. The number of piperidine rings is 1. The summed E-state index contributed by atoms with van der Waals surface area (Å²) in [5, 5.41) is 3.89. The maximum absolute atomic E-state index is 12.1. The van der Waals surface area contributed by atoms with E-state index in [1.807, 2.05) is 13.0 Å². The molecule has 0 spiro atoms. The second kappa shape index (κ2) is 4.81. The summed E-state index contributed by atoms with van der Waals surface area (Å²) in [6, 6.07) is 1.82. The molecule has 1 aromatic heterocycles. The summed E-state index contributed by atoms with van der Waals surface area (Å²) in [7, 11) is -1.06. The molecule has 1 saturated heterocycles. The van der Waals surface area contributed by atoms with Gasteiger partial charge in [0.1, 0.15) is 0 Å². The van der Waals surface area contributed by atoms with E-state index in [0.717, 1.165) is 31.6 Å². The Morgan fingerprint density at radius 3 is 3.13 bits per heavy atom. The third kappa shape index (κ3) is 2.60. The average molecular weight is 225 g/mol. The second-order valence-electron chi connectivity index (χ2n) is 3.75. The van der Waals surface area contributed by atoms with Gasteiger partial charge in [-0.15, -0.1) is 0 Å². The predicted molar refractivity (Wildman–Crippen MR) is 59.1 cm³/mol. The molecule has 0 saturated carbocycles. The molecule has 0 unspecified atom stereocenters. The Hall–Kier alpha value is -0.810. The highest BCUT2D eigenvalue weighted by Crippen LogP contribution is 2.13. The van der Waals surface area contributed by atoms with E-state index in [2.05, 4.69) is 15.3 Å². The SMILES string of the molecule is Cc1ccnc([S@](=O)[C@H]2CCCNC2)n1. The molecule has 1 aliphatic rings. The molecule has 1 aromatic rings. The molecular weight excluding hydrogens is 210 g/mol. The number of aryl methyl sites for hydroxylation is 1. The highest BCUT2D eigenvalue weighted by atomic mass is 32.2. The molecule has 4 nitrogen and oxygen atoms in total. The van der Waals surface area contributed by atoms with Crippen molar-refractivity contribution in [2.24, 2.45) is 0 Å². The zero-order valence-corrected chi connectivity index (χ0v) is 9.59. The Balaban J connectivity index is 2.12. The third-order valence-electron chi connectivity index (χ3n) is 2.51. The topological polar surface area (TPSA) is 54.9 Å². The van der Waals surface area contributed by atoms with E-state index in [1.54, 1.807) is 6.20 Å². The van der Waals surface area contributed by atoms with Crippen LogP contribution in [0.15, 0.2) is 17.4 Å². The van der Waals surface area contributed by atoms with Crippen molar-refractivity contribution in [1.29, 1.82) is 0 Å². The van der Waals surface area contributed by atoms with E-state index < -0.39 is 10.8 Å². The molecule has 2 rings (SSSR count). The van der Waals surface area contributed by atoms with Gasteiger partial charge >= 0.3 is 0 Å². The van der Waals surface area contributed by atoms with Crippen molar-refractivity contribution in [2.75, 3.05) is 13.1 Å². The molecule has 15 heavy (non-hydrogen) atoms. The quantitative estimate of drug-likeness (QED) is 0.751. The van der Waals surface area contributed by atoms with Crippen molar-refractivity contribution in [1.82, 2.24) is 15.3 Å². The van der Waals surface area contributed by atoms with Crippen LogP contribution in [0.4, 0.5) is 0 Å². The zero-order chi connectivity index (χ0) is 10.7. The average Bonchev–Trinajstić information content (AvgIpc) is 2.29. The monoisotopic (exact) mass is 225 g/mol. The summed E-state index contributed by atoms with van der Waals surface area (Å²) in [6.07, 6.45) is 3.75. The molecule has 0 bridgehead atoms. The van der Waals surface area contributed by atoms with Crippen LogP contribution in [-0.2, 0) is 10.8 Å². The third-order valence-corrected chi connectivity index (χ3v) is 4.07. The summed E-state index contributed by atoms with van der Waals surface area (Å²) >= 11 is 0. The maximum Gasteiger partial charge on any atom is 0.218 e. The normalized spacial score (nSPS) is 23.7. The van der Waals surface area contributed by atoms with Crippen LogP contribution < -0.4 is 5.32 Å². The number of nitrogens with one attached hydrogen (secondary N) is 1. The highest BCUT2D eigenvalue weighted by Gasteiger charge is 2.22. The number of hydrogen-bond acceptors (Lipinski definition) is 4. The highest BCUT2D eigenvalue weighted by molar-refractivity contribution is 7.85. The molecule has 1 fully saturated rings. The van der Waals surface area contributed by atoms with Gasteiger partial charge in [-0.1, -0.05) is 0 Å². The van der Waals surface area contributed by atoms with Gasteiger partial charge in [-0.25, -0.2) is 9.97 Å². The van der Waals surface area contributed by atoms with Crippen LogP contribution in [0.1, 0.15) is 18.5 Å². The summed E-state index contributed by atoms with van der Waals surface area (Å²) in [4.78, 5) is 8.28. The van der Waals surface area contributed by atoms with E-state index in [0.29, 0.717) is 5.16 Å². The molecule has 2 heterocycles. The number of rotatable bonds is 2. The minimum Gasteiger partial charge on any atom is -0.316 e. The number of aromatic nitrogens is 2. The van der Waals surface area contributed by atoms with Crippen molar-refractivity contribution in [3.63, 3.8) is 0 Å². The van der Waals surface area contributed by atoms with Gasteiger partial charge in [0.2, 0.25) is 5.16 Å². The fraction of sp³-hybridized carbons (Fsp3) is 0.600. The predicted octanol–water partition coefficient (Wildman–Crippen LogP) is 0.645. The van der Waals surface area contributed by atoms with Crippen molar-refractivity contribution in [3.8, 4) is 0 Å². The first-order valence-corrected chi connectivity index (χ1v) is 6.39. The van der Waals surface area contributed by atoms with E-state index >= 15 is 0 Å². The number of nitrogens with zero attached hydrogens (tertiary/aromatic N) is 2. The summed E-state index contributed by atoms with van der Waals surface area (Å²) in [5.74, 6) is 0. The molecule has 0 aliphatic carbocycles. The van der Waals surface area contributed by atoms with E-state index in [-0.39, 0.29) is 5.25 Å². The van der Waals surface area contributed by atoms with Crippen LogP contribution in [0.25, 0.3) is 0 Å².